The van der Waals surface area contributed by atoms with Crippen molar-refractivity contribution in [1.29, 1.82) is 0 Å². The van der Waals surface area contributed by atoms with Crippen LogP contribution in [0.5, 0.6) is 0 Å². The van der Waals surface area contributed by atoms with Gasteiger partial charge in [-0.05, 0) is 44.4 Å². The van der Waals surface area contributed by atoms with Gasteiger partial charge in [-0.15, -0.1) is 11.8 Å². The van der Waals surface area contributed by atoms with Crippen LogP contribution in [0.3, 0.4) is 0 Å². The maximum absolute atomic E-state index is 2.31. The summed E-state index contributed by atoms with van der Waals surface area (Å²) in [5.74, 6) is 0. The van der Waals surface area contributed by atoms with Crippen molar-refractivity contribution in [3.8, 4) is 0 Å². The molecule has 1 unspecified atom stereocenters. The summed E-state index contributed by atoms with van der Waals surface area (Å²) in [5, 5.41) is 0.497. The number of hydrogen-bond donors (Lipinski definition) is 0. The molecule has 0 amide bonds. The molecular formula is C18H22S. The van der Waals surface area contributed by atoms with Crippen molar-refractivity contribution in [2.24, 2.45) is 0 Å². The lowest BCUT2D eigenvalue weighted by molar-refractivity contribution is 0.773. The molecule has 1 atom stereocenters. The highest BCUT2D eigenvalue weighted by Crippen LogP contribution is 2.45. The Labute approximate surface area is 121 Å². The van der Waals surface area contributed by atoms with E-state index in [4.69, 9.17) is 0 Å². The Morgan fingerprint density at radius 3 is 2.11 bits per heavy atom. The topological polar surface area (TPSA) is 0 Å². The van der Waals surface area contributed by atoms with E-state index < -0.39 is 0 Å². The fourth-order valence-electron chi connectivity index (χ4n) is 2.46. The van der Waals surface area contributed by atoms with Gasteiger partial charge < -0.3 is 0 Å². The van der Waals surface area contributed by atoms with E-state index in [2.05, 4.69) is 82.3 Å². The average molecular weight is 270 g/mol. The first-order chi connectivity index (χ1) is 9.00. The van der Waals surface area contributed by atoms with Crippen molar-refractivity contribution in [2.45, 2.75) is 37.7 Å². The van der Waals surface area contributed by atoms with Gasteiger partial charge in [0.2, 0.25) is 0 Å². The Hall–Kier alpha value is -1.21. The van der Waals surface area contributed by atoms with Gasteiger partial charge in [-0.1, -0.05) is 54.6 Å². The predicted molar refractivity (Wildman–Crippen MR) is 86.7 cm³/mol. The lowest BCUT2D eigenvalue weighted by Gasteiger charge is -2.29. The minimum Gasteiger partial charge on any atom is -0.143 e. The molecule has 1 heteroatoms. The van der Waals surface area contributed by atoms with Crippen molar-refractivity contribution in [2.75, 3.05) is 0 Å². The van der Waals surface area contributed by atoms with Crippen LogP contribution in [0.15, 0.2) is 54.6 Å². The molecule has 19 heavy (non-hydrogen) atoms. The molecule has 0 aromatic heterocycles. The molecular weight excluding hydrogens is 248 g/mol. The zero-order chi connectivity index (χ0) is 13.9. The summed E-state index contributed by atoms with van der Waals surface area (Å²) in [7, 11) is 0. The molecule has 0 fully saturated rings. The van der Waals surface area contributed by atoms with Gasteiger partial charge in [0, 0.05) is 10.00 Å². The molecule has 0 saturated carbocycles. The van der Waals surface area contributed by atoms with Gasteiger partial charge >= 0.3 is 0 Å². The van der Waals surface area contributed by atoms with Crippen molar-refractivity contribution in [3.05, 3.63) is 71.3 Å². The van der Waals surface area contributed by atoms with E-state index in [9.17, 15) is 0 Å². The second-order valence-electron chi connectivity index (χ2n) is 5.49. The Balaban J connectivity index is 2.19. The number of aryl methyl sites for hydroxylation is 1. The van der Waals surface area contributed by atoms with Crippen molar-refractivity contribution in [1.82, 2.24) is 0 Å². The highest BCUT2D eigenvalue weighted by atomic mass is 32.2. The van der Waals surface area contributed by atoms with Crippen LogP contribution in [0, 0.1) is 6.92 Å². The van der Waals surface area contributed by atoms with Gasteiger partial charge in [0.25, 0.3) is 0 Å². The highest BCUT2D eigenvalue weighted by Gasteiger charge is 2.24. The van der Waals surface area contributed by atoms with Gasteiger partial charge in [0.05, 0.1) is 0 Å². The highest BCUT2D eigenvalue weighted by molar-refractivity contribution is 8.00. The molecule has 0 bridgehead atoms. The summed E-state index contributed by atoms with van der Waals surface area (Å²) in [5.41, 5.74) is 4.21. The van der Waals surface area contributed by atoms with Crippen LogP contribution in [0.25, 0.3) is 0 Å². The summed E-state index contributed by atoms with van der Waals surface area (Å²) < 4.78 is 0.128. The van der Waals surface area contributed by atoms with Crippen molar-refractivity contribution < 1.29 is 0 Å². The second kappa shape index (κ2) is 5.83. The summed E-state index contributed by atoms with van der Waals surface area (Å²) in [6, 6.07) is 19.4. The van der Waals surface area contributed by atoms with E-state index >= 15 is 0 Å². The molecule has 2 aromatic carbocycles. The molecule has 0 saturated heterocycles. The molecule has 0 aliphatic rings. The van der Waals surface area contributed by atoms with E-state index in [1.165, 1.54) is 16.7 Å². The van der Waals surface area contributed by atoms with Crippen LogP contribution in [-0.4, -0.2) is 0 Å². The fraction of sp³-hybridized carbons (Fsp3) is 0.333. The molecule has 0 aliphatic heterocycles. The molecule has 2 rings (SSSR count). The monoisotopic (exact) mass is 270 g/mol. The number of hydrogen-bond acceptors (Lipinski definition) is 1. The van der Waals surface area contributed by atoms with Gasteiger partial charge in [0.15, 0.2) is 0 Å². The quantitative estimate of drug-likeness (QED) is 0.684. The molecule has 0 spiro atoms. The van der Waals surface area contributed by atoms with E-state index in [-0.39, 0.29) is 4.75 Å². The average Bonchev–Trinajstić information content (AvgIpc) is 2.39. The molecule has 0 radical (unpaired) electrons. The standard InChI is InChI=1S/C18H22S/c1-14-10-8-9-13-17(14)15(2)19-18(3,4)16-11-6-5-7-12-16/h5-13,15H,1-4H3. The molecule has 0 nitrogen and oxygen atoms in total. The first-order valence-electron chi connectivity index (χ1n) is 6.79. The summed E-state index contributed by atoms with van der Waals surface area (Å²) in [6.45, 7) is 9.11. The van der Waals surface area contributed by atoms with E-state index in [0.717, 1.165) is 0 Å². The first-order valence-corrected chi connectivity index (χ1v) is 7.67. The largest absolute Gasteiger partial charge is 0.143 e. The minimum atomic E-state index is 0.128. The van der Waals surface area contributed by atoms with Crippen LogP contribution in [-0.2, 0) is 4.75 Å². The number of thioether (sulfide) groups is 1. The lowest BCUT2D eigenvalue weighted by Crippen LogP contribution is -2.13. The third-order valence-electron chi connectivity index (χ3n) is 3.57. The SMILES string of the molecule is Cc1ccccc1C(C)SC(C)(C)c1ccccc1. The normalized spacial score (nSPS) is 13.3. The molecule has 0 N–H and O–H groups in total. The Kier molecular flexibility index (Phi) is 4.36. The zero-order valence-electron chi connectivity index (χ0n) is 12.2. The molecule has 2 aromatic rings. The van der Waals surface area contributed by atoms with E-state index in [1.54, 1.807) is 0 Å². The lowest BCUT2D eigenvalue weighted by atomic mass is 10.0. The van der Waals surface area contributed by atoms with Gasteiger partial charge in [0.1, 0.15) is 0 Å². The fourth-order valence-corrected chi connectivity index (χ4v) is 4.00. The Bertz CT molecular complexity index is 528. The third kappa shape index (κ3) is 3.42. The van der Waals surface area contributed by atoms with Crippen LogP contribution in [0.1, 0.15) is 42.7 Å². The summed E-state index contributed by atoms with van der Waals surface area (Å²) in [6.07, 6.45) is 0. The maximum Gasteiger partial charge on any atom is 0.0358 e. The van der Waals surface area contributed by atoms with Gasteiger partial charge in [-0.3, -0.25) is 0 Å². The van der Waals surface area contributed by atoms with Crippen molar-refractivity contribution >= 4 is 11.8 Å². The summed E-state index contributed by atoms with van der Waals surface area (Å²) >= 11 is 2.02. The molecule has 100 valence electrons. The Morgan fingerprint density at radius 2 is 1.47 bits per heavy atom. The van der Waals surface area contributed by atoms with Gasteiger partial charge in [-0.25, -0.2) is 0 Å². The predicted octanol–water partition coefficient (Wildman–Crippen LogP) is 5.72. The minimum absolute atomic E-state index is 0.128. The van der Waals surface area contributed by atoms with Crippen LogP contribution >= 0.6 is 11.8 Å². The first kappa shape index (κ1) is 14.2. The van der Waals surface area contributed by atoms with Gasteiger partial charge in [-0.2, -0.15) is 0 Å². The summed E-state index contributed by atoms with van der Waals surface area (Å²) in [4.78, 5) is 0. The second-order valence-corrected chi connectivity index (χ2v) is 7.46. The number of rotatable bonds is 4. The smallest absolute Gasteiger partial charge is 0.0358 e. The third-order valence-corrected chi connectivity index (χ3v) is 5.00. The van der Waals surface area contributed by atoms with Crippen LogP contribution < -0.4 is 0 Å². The molecule has 0 aliphatic carbocycles. The Morgan fingerprint density at radius 1 is 0.895 bits per heavy atom. The number of benzene rings is 2. The van der Waals surface area contributed by atoms with Crippen LogP contribution in [0.4, 0.5) is 0 Å². The maximum atomic E-state index is 2.31. The zero-order valence-corrected chi connectivity index (χ0v) is 13.0. The van der Waals surface area contributed by atoms with Crippen molar-refractivity contribution in [3.63, 3.8) is 0 Å². The van der Waals surface area contributed by atoms with E-state index in [1.807, 2.05) is 11.8 Å². The van der Waals surface area contributed by atoms with E-state index in [0.29, 0.717) is 5.25 Å². The molecule has 0 heterocycles. The van der Waals surface area contributed by atoms with Crippen LogP contribution in [0.2, 0.25) is 0 Å².